The molecule has 1 aromatic rings. The quantitative estimate of drug-likeness (QED) is 0.776. The monoisotopic (exact) mass is 332 g/mol. The third-order valence-electron chi connectivity index (χ3n) is 4.46. The second-order valence-electron chi connectivity index (χ2n) is 6.49. The minimum atomic E-state index is 0.0755. The van der Waals surface area contributed by atoms with Gasteiger partial charge in [0.2, 0.25) is 11.8 Å². The predicted octanol–water partition coefficient (Wildman–Crippen LogP) is 0.875. The lowest BCUT2D eigenvalue weighted by atomic mass is 10.2. The Labute approximate surface area is 144 Å². The van der Waals surface area contributed by atoms with Crippen LogP contribution in [0.1, 0.15) is 12.5 Å². The van der Waals surface area contributed by atoms with Crippen LogP contribution in [0.25, 0.3) is 0 Å². The number of carbonyl (C=O) groups is 2. The number of amides is 2. The van der Waals surface area contributed by atoms with Crippen molar-refractivity contribution in [2.24, 2.45) is 0 Å². The summed E-state index contributed by atoms with van der Waals surface area (Å²) in [5.41, 5.74) is 2.26. The molecule has 0 saturated carbocycles. The first kappa shape index (κ1) is 18.3. The van der Waals surface area contributed by atoms with E-state index in [1.165, 1.54) is 0 Å². The lowest BCUT2D eigenvalue weighted by molar-refractivity contribution is -0.138. The van der Waals surface area contributed by atoms with Gasteiger partial charge in [0, 0.05) is 53.0 Å². The van der Waals surface area contributed by atoms with Gasteiger partial charge in [0.05, 0.1) is 13.1 Å². The van der Waals surface area contributed by atoms with Gasteiger partial charge >= 0.3 is 0 Å². The van der Waals surface area contributed by atoms with Crippen molar-refractivity contribution in [3.63, 3.8) is 0 Å². The van der Waals surface area contributed by atoms with Gasteiger partial charge in [-0.2, -0.15) is 0 Å². The number of rotatable bonds is 6. The second kappa shape index (κ2) is 8.15. The van der Waals surface area contributed by atoms with Gasteiger partial charge in [0.25, 0.3) is 0 Å². The summed E-state index contributed by atoms with van der Waals surface area (Å²) in [4.78, 5) is 31.9. The first-order valence-corrected chi connectivity index (χ1v) is 8.41. The number of nitrogens with zero attached hydrogens (tertiary/aromatic N) is 4. The molecule has 1 saturated heterocycles. The Kier molecular flexibility index (Phi) is 6.20. The van der Waals surface area contributed by atoms with Crippen LogP contribution in [0.5, 0.6) is 0 Å². The van der Waals surface area contributed by atoms with Crippen LogP contribution in [-0.4, -0.2) is 80.4 Å². The highest BCUT2D eigenvalue weighted by molar-refractivity contribution is 5.81. The van der Waals surface area contributed by atoms with Crippen molar-refractivity contribution in [1.82, 2.24) is 14.7 Å². The molecule has 132 valence electrons. The fourth-order valence-corrected chi connectivity index (χ4v) is 2.73. The molecule has 0 spiro atoms. The summed E-state index contributed by atoms with van der Waals surface area (Å²) in [5, 5.41) is 0. The largest absolute Gasteiger partial charge is 0.378 e. The van der Waals surface area contributed by atoms with Crippen LogP contribution in [0.2, 0.25) is 0 Å². The zero-order valence-electron chi connectivity index (χ0n) is 15.2. The van der Waals surface area contributed by atoms with Gasteiger partial charge in [0.1, 0.15) is 0 Å². The number of piperazine rings is 1. The summed E-state index contributed by atoms with van der Waals surface area (Å²) in [6.07, 6.45) is 0. The fraction of sp³-hybridized carbons (Fsp3) is 0.556. The van der Waals surface area contributed by atoms with Crippen LogP contribution in [0.4, 0.5) is 5.69 Å². The average molecular weight is 332 g/mol. The Morgan fingerprint density at radius 3 is 2.38 bits per heavy atom. The lowest BCUT2D eigenvalue weighted by Crippen LogP contribution is -2.51. The van der Waals surface area contributed by atoms with Crippen molar-refractivity contribution in [2.45, 2.75) is 13.5 Å². The number of hydrogen-bond acceptors (Lipinski definition) is 4. The van der Waals surface area contributed by atoms with E-state index in [2.05, 4.69) is 29.2 Å². The van der Waals surface area contributed by atoms with Crippen molar-refractivity contribution in [3.8, 4) is 0 Å². The first-order chi connectivity index (χ1) is 11.4. The van der Waals surface area contributed by atoms with E-state index >= 15 is 0 Å². The van der Waals surface area contributed by atoms with E-state index in [1.807, 2.05) is 30.8 Å². The summed E-state index contributed by atoms with van der Waals surface area (Å²) in [6, 6.07) is 8.24. The van der Waals surface area contributed by atoms with E-state index in [1.54, 1.807) is 11.9 Å². The Bertz CT molecular complexity index is 571. The van der Waals surface area contributed by atoms with E-state index in [4.69, 9.17) is 0 Å². The lowest BCUT2D eigenvalue weighted by Gasteiger charge is -2.33. The maximum Gasteiger partial charge on any atom is 0.237 e. The predicted molar refractivity (Wildman–Crippen MR) is 95.9 cm³/mol. The van der Waals surface area contributed by atoms with Gasteiger partial charge in [-0.1, -0.05) is 12.1 Å². The molecular weight excluding hydrogens is 304 g/mol. The topological polar surface area (TPSA) is 47.1 Å². The number of hydrogen-bond donors (Lipinski definition) is 0. The highest BCUT2D eigenvalue weighted by atomic mass is 16.2. The van der Waals surface area contributed by atoms with Gasteiger partial charge in [-0.3, -0.25) is 14.5 Å². The zero-order valence-corrected chi connectivity index (χ0v) is 15.2. The number of likely N-dealkylation sites (N-methyl/N-ethyl adjacent to an activating group) is 2. The number of anilines is 1. The van der Waals surface area contributed by atoms with Crippen LogP contribution in [-0.2, 0) is 16.1 Å². The highest BCUT2D eigenvalue weighted by Crippen LogP contribution is 2.14. The van der Waals surface area contributed by atoms with Crippen molar-refractivity contribution < 1.29 is 9.59 Å². The molecule has 0 atom stereocenters. The Hall–Kier alpha value is -2.08. The fourth-order valence-electron chi connectivity index (χ4n) is 2.73. The van der Waals surface area contributed by atoms with E-state index < -0.39 is 0 Å². The molecule has 24 heavy (non-hydrogen) atoms. The minimum Gasteiger partial charge on any atom is -0.378 e. The molecule has 1 aromatic carbocycles. The molecular formula is C18H28N4O2. The van der Waals surface area contributed by atoms with Gasteiger partial charge < -0.3 is 14.7 Å². The third kappa shape index (κ3) is 4.71. The van der Waals surface area contributed by atoms with Gasteiger partial charge in [-0.15, -0.1) is 0 Å². The van der Waals surface area contributed by atoms with Crippen LogP contribution < -0.4 is 4.90 Å². The van der Waals surface area contributed by atoms with Crippen molar-refractivity contribution in [3.05, 3.63) is 29.8 Å². The van der Waals surface area contributed by atoms with Crippen LogP contribution in [0, 0.1) is 0 Å². The third-order valence-corrected chi connectivity index (χ3v) is 4.46. The summed E-state index contributed by atoms with van der Waals surface area (Å²) in [6.45, 7) is 5.33. The molecule has 0 bridgehead atoms. The van der Waals surface area contributed by atoms with E-state index in [0.29, 0.717) is 32.7 Å². The van der Waals surface area contributed by atoms with E-state index in [0.717, 1.165) is 17.8 Å². The van der Waals surface area contributed by atoms with E-state index in [-0.39, 0.29) is 11.8 Å². The summed E-state index contributed by atoms with van der Waals surface area (Å²) in [5.74, 6) is 0.155. The minimum absolute atomic E-state index is 0.0755. The molecule has 0 radical (unpaired) electrons. The van der Waals surface area contributed by atoms with E-state index in [9.17, 15) is 9.59 Å². The van der Waals surface area contributed by atoms with Crippen molar-refractivity contribution in [2.75, 3.05) is 58.8 Å². The smallest absolute Gasteiger partial charge is 0.237 e. The molecule has 1 aliphatic heterocycles. The van der Waals surface area contributed by atoms with Crippen LogP contribution >= 0.6 is 0 Å². The average Bonchev–Trinajstić information content (AvgIpc) is 2.56. The van der Waals surface area contributed by atoms with Crippen molar-refractivity contribution >= 4 is 17.5 Å². The van der Waals surface area contributed by atoms with Gasteiger partial charge in [-0.05, 0) is 24.6 Å². The van der Waals surface area contributed by atoms with Crippen molar-refractivity contribution in [1.29, 1.82) is 0 Å². The Balaban J connectivity index is 1.92. The number of benzene rings is 1. The van der Waals surface area contributed by atoms with Gasteiger partial charge in [-0.25, -0.2) is 0 Å². The molecule has 0 aliphatic carbocycles. The van der Waals surface area contributed by atoms with Crippen LogP contribution in [0.3, 0.4) is 0 Å². The molecule has 1 fully saturated rings. The molecule has 0 aromatic heterocycles. The molecule has 2 rings (SSSR count). The van der Waals surface area contributed by atoms with Crippen LogP contribution in [0.15, 0.2) is 24.3 Å². The Morgan fingerprint density at radius 2 is 1.83 bits per heavy atom. The molecule has 6 nitrogen and oxygen atoms in total. The van der Waals surface area contributed by atoms with Gasteiger partial charge in [0.15, 0.2) is 0 Å². The maximum absolute atomic E-state index is 12.6. The summed E-state index contributed by atoms with van der Waals surface area (Å²) in [7, 11) is 5.82. The normalized spacial score (nSPS) is 15.5. The molecule has 2 amide bonds. The SMILES string of the molecule is CCN(Cc1ccc(N(C)C)cc1)C(=O)CN1CCN(C)C(=O)C1. The Morgan fingerprint density at radius 1 is 1.17 bits per heavy atom. The summed E-state index contributed by atoms with van der Waals surface area (Å²) >= 11 is 0. The second-order valence-corrected chi connectivity index (χ2v) is 6.49. The highest BCUT2D eigenvalue weighted by Gasteiger charge is 2.24. The molecule has 0 unspecified atom stereocenters. The zero-order chi connectivity index (χ0) is 17.7. The molecule has 6 heteroatoms. The first-order valence-electron chi connectivity index (χ1n) is 8.41. The molecule has 0 N–H and O–H groups in total. The standard InChI is InChI=1S/C18H28N4O2/c1-5-22(12-15-6-8-16(9-7-15)19(2)3)18(24)14-21-11-10-20(4)17(23)13-21/h6-9H,5,10-14H2,1-4H3. The molecule has 1 aliphatic rings. The summed E-state index contributed by atoms with van der Waals surface area (Å²) < 4.78 is 0. The molecule has 1 heterocycles. The number of carbonyl (C=O) groups excluding carboxylic acids is 2. The maximum atomic E-state index is 12.6.